The molecule has 0 aliphatic heterocycles. The van der Waals surface area contributed by atoms with Crippen molar-refractivity contribution < 1.29 is 5.11 Å². The average molecular weight is 195 g/mol. The van der Waals surface area contributed by atoms with E-state index in [1.807, 2.05) is 19.9 Å². The first-order valence-electron chi connectivity index (χ1n) is 4.60. The number of aromatic nitrogens is 1. The predicted molar refractivity (Wildman–Crippen MR) is 58.0 cm³/mol. The van der Waals surface area contributed by atoms with Gasteiger partial charge in [-0.2, -0.15) is 0 Å². The molecule has 0 aliphatic carbocycles. The summed E-state index contributed by atoms with van der Waals surface area (Å²) < 4.78 is 0. The van der Waals surface area contributed by atoms with Crippen LogP contribution in [0.1, 0.15) is 13.8 Å². The predicted octanol–water partition coefficient (Wildman–Crippen LogP) is 1.09. The first-order chi connectivity index (χ1) is 6.53. The third-order valence-electron chi connectivity index (χ3n) is 1.99. The number of anilines is 2. The highest BCUT2D eigenvalue weighted by molar-refractivity contribution is 5.45. The molecule has 1 aromatic heterocycles. The lowest BCUT2D eigenvalue weighted by atomic mass is 9.95. The minimum absolute atomic E-state index is 0.124. The molecule has 0 saturated heterocycles. The first-order valence-corrected chi connectivity index (χ1v) is 4.60. The van der Waals surface area contributed by atoms with Crippen LogP contribution in [-0.2, 0) is 0 Å². The Labute approximate surface area is 84.2 Å². The van der Waals surface area contributed by atoms with Gasteiger partial charge in [0.05, 0.1) is 11.9 Å². The Morgan fingerprint density at radius 3 is 2.71 bits per heavy atom. The number of aliphatic hydroxyl groups excluding tert-OH is 1. The topological polar surface area (TPSA) is 71.2 Å². The Kier molecular flexibility index (Phi) is 3.30. The van der Waals surface area contributed by atoms with Crippen molar-refractivity contribution in [2.24, 2.45) is 5.41 Å². The van der Waals surface area contributed by atoms with Gasteiger partial charge in [-0.1, -0.05) is 13.8 Å². The zero-order chi connectivity index (χ0) is 10.6. The lowest BCUT2D eigenvalue weighted by Crippen LogP contribution is -2.26. The fourth-order valence-electron chi connectivity index (χ4n) is 0.907. The summed E-state index contributed by atoms with van der Waals surface area (Å²) in [6.07, 6.45) is 1.68. The van der Waals surface area contributed by atoms with Crippen molar-refractivity contribution in [3.8, 4) is 0 Å². The third kappa shape index (κ3) is 3.22. The molecule has 0 saturated carbocycles. The van der Waals surface area contributed by atoms with Gasteiger partial charge in [0.25, 0.3) is 0 Å². The highest BCUT2D eigenvalue weighted by Gasteiger charge is 2.15. The molecule has 1 aromatic rings. The molecule has 78 valence electrons. The molecular weight excluding hydrogens is 178 g/mol. The zero-order valence-corrected chi connectivity index (χ0v) is 8.62. The van der Waals surface area contributed by atoms with Crippen LogP contribution in [0.15, 0.2) is 18.3 Å². The summed E-state index contributed by atoms with van der Waals surface area (Å²) in [4.78, 5) is 3.96. The maximum atomic E-state index is 9.04. The third-order valence-corrected chi connectivity index (χ3v) is 1.99. The molecule has 0 unspecified atom stereocenters. The molecular formula is C10H17N3O. The van der Waals surface area contributed by atoms with Gasteiger partial charge in [-0.25, -0.2) is 4.98 Å². The highest BCUT2D eigenvalue weighted by Crippen LogP contribution is 2.15. The van der Waals surface area contributed by atoms with Gasteiger partial charge in [0.15, 0.2) is 0 Å². The van der Waals surface area contributed by atoms with E-state index in [0.29, 0.717) is 12.4 Å². The van der Waals surface area contributed by atoms with Crippen LogP contribution < -0.4 is 11.1 Å². The quantitative estimate of drug-likeness (QED) is 0.672. The van der Waals surface area contributed by atoms with Crippen molar-refractivity contribution in [2.75, 3.05) is 24.2 Å². The van der Waals surface area contributed by atoms with Gasteiger partial charge >= 0.3 is 0 Å². The second kappa shape index (κ2) is 4.28. The molecule has 0 bridgehead atoms. The Morgan fingerprint density at radius 1 is 1.50 bits per heavy atom. The van der Waals surface area contributed by atoms with Crippen LogP contribution in [0.25, 0.3) is 0 Å². The van der Waals surface area contributed by atoms with Crippen molar-refractivity contribution in [1.82, 2.24) is 4.98 Å². The number of hydrogen-bond donors (Lipinski definition) is 3. The van der Waals surface area contributed by atoms with E-state index < -0.39 is 0 Å². The number of nitrogens with two attached hydrogens (primary N) is 1. The van der Waals surface area contributed by atoms with Crippen molar-refractivity contribution >= 4 is 11.5 Å². The van der Waals surface area contributed by atoms with Crippen LogP contribution in [0, 0.1) is 5.41 Å². The molecule has 1 rings (SSSR count). The van der Waals surface area contributed by atoms with Crippen molar-refractivity contribution in [1.29, 1.82) is 0 Å². The normalized spacial score (nSPS) is 11.4. The molecule has 0 aromatic carbocycles. The summed E-state index contributed by atoms with van der Waals surface area (Å²) in [7, 11) is 0. The Hall–Kier alpha value is -1.29. The average Bonchev–Trinajstić information content (AvgIpc) is 2.17. The maximum Gasteiger partial charge on any atom is 0.123 e. The highest BCUT2D eigenvalue weighted by atomic mass is 16.3. The summed E-state index contributed by atoms with van der Waals surface area (Å²) in [6, 6.07) is 3.62. The summed E-state index contributed by atoms with van der Waals surface area (Å²) >= 11 is 0. The summed E-state index contributed by atoms with van der Waals surface area (Å²) in [5.74, 6) is 0.511. The molecule has 1 heterocycles. The van der Waals surface area contributed by atoms with E-state index in [-0.39, 0.29) is 12.0 Å². The Bertz CT molecular complexity index is 282. The molecule has 0 spiro atoms. The van der Waals surface area contributed by atoms with Crippen molar-refractivity contribution in [2.45, 2.75) is 13.8 Å². The van der Waals surface area contributed by atoms with E-state index in [1.165, 1.54) is 0 Å². The van der Waals surface area contributed by atoms with Crippen molar-refractivity contribution in [3.05, 3.63) is 18.3 Å². The molecule has 14 heavy (non-hydrogen) atoms. The van der Waals surface area contributed by atoms with Crippen LogP contribution in [-0.4, -0.2) is 23.2 Å². The van der Waals surface area contributed by atoms with Crippen LogP contribution in [0.3, 0.4) is 0 Å². The van der Waals surface area contributed by atoms with Crippen LogP contribution in [0.5, 0.6) is 0 Å². The van der Waals surface area contributed by atoms with Gasteiger partial charge in [0.1, 0.15) is 5.82 Å². The van der Waals surface area contributed by atoms with Gasteiger partial charge in [-0.3, -0.25) is 0 Å². The molecule has 0 amide bonds. The lowest BCUT2D eigenvalue weighted by molar-refractivity contribution is 0.171. The first kappa shape index (κ1) is 10.8. The molecule has 0 radical (unpaired) electrons. The summed E-state index contributed by atoms with van der Waals surface area (Å²) in [5.41, 5.74) is 6.25. The van der Waals surface area contributed by atoms with E-state index in [1.54, 1.807) is 12.3 Å². The number of pyridine rings is 1. The number of hydrogen-bond acceptors (Lipinski definition) is 4. The van der Waals surface area contributed by atoms with Gasteiger partial charge in [0, 0.05) is 18.6 Å². The second-order valence-electron chi connectivity index (χ2n) is 4.15. The Morgan fingerprint density at radius 2 is 2.21 bits per heavy atom. The second-order valence-corrected chi connectivity index (χ2v) is 4.15. The fourth-order valence-corrected chi connectivity index (χ4v) is 0.907. The van der Waals surface area contributed by atoms with Crippen LogP contribution in [0.4, 0.5) is 11.5 Å². The molecule has 0 atom stereocenters. The Balaban J connectivity index is 2.50. The van der Waals surface area contributed by atoms with E-state index in [2.05, 4.69) is 10.3 Å². The number of aliphatic hydroxyl groups is 1. The molecule has 4 N–H and O–H groups in total. The molecule has 0 fully saturated rings. The monoisotopic (exact) mass is 195 g/mol. The van der Waals surface area contributed by atoms with Gasteiger partial charge in [-0.05, 0) is 12.1 Å². The molecule has 4 nitrogen and oxygen atoms in total. The lowest BCUT2D eigenvalue weighted by Gasteiger charge is -2.22. The number of nitrogens with one attached hydrogen (secondary N) is 1. The number of rotatable bonds is 4. The van der Waals surface area contributed by atoms with Crippen LogP contribution >= 0.6 is 0 Å². The summed E-state index contributed by atoms with van der Waals surface area (Å²) in [6.45, 7) is 4.84. The van der Waals surface area contributed by atoms with Gasteiger partial charge in [0.2, 0.25) is 0 Å². The largest absolute Gasteiger partial charge is 0.396 e. The fraction of sp³-hybridized carbons (Fsp3) is 0.500. The van der Waals surface area contributed by atoms with Gasteiger partial charge < -0.3 is 16.2 Å². The van der Waals surface area contributed by atoms with E-state index in [9.17, 15) is 0 Å². The smallest absolute Gasteiger partial charge is 0.123 e. The molecule has 0 aliphatic rings. The van der Waals surface area contributed by atoms with E-state index in [0.717, 1.165) is 5.69 Å². The molecule has 4 heteroatoms. The minimum atomic E-state index is -0.124. The standard InChI is InChI=1S/C10H17N3O/c1-10(2,7-14)6-13-8-3-4-9(11)12-5-8/h3-5,13-14H,6-7H2,1-2H3,(H2,11,12). The SMILES string of the molecule is CC(C)(CO)CNc1ccc(N)nc1. The van der Waals surface area contributed by atoms with E-state index in [4.69, 9.17) is 10.8 Å². The van der Waals surface area contributed by atoms with Gasteiger partial charge in [-0.15, -0.1) is 0 Å². The minimum Gasteiger partial charge on any atom is -0.396 e. The van der Waals surface area contributed by atoms with Crippen LogP contribution in [0.2, 0.25) is 0 Å². The van der Waals surface area contributed by atoms with E-state index >= 15 is 0 Å². The van der Waals surface area contributed by atoms with Crippen molar-refractivity contribution in [3.63, 3.8) is 0 Å². The zero-order valence-electron chi connectivity index (χ0n) is 8.62. The number of nitrogens with zero attached hydrogens (tertiary/aromatic N) is 1. The number of nitrogen functional groups attached to an aromatic ring is 1. The summed E-state index contributed by atoms with van der Waals surface area (Å²) in [5, 5.41) is 12.2. The maximum absolute atomic E-state index is 9.04.